The number of nitrogens with zero attached hydrogens (tertiary/aromatic N) is 4. The summed E-state index contributed by atoms with van der Waals surface area (Å²) >= 11 is 0. The first kappa shape index (κ1) is 29.8. The van der Waals surface area contributed by atoms with Gasteiger partial charge in [-0.05, 0) is 71.3 Å². The summed E-state index contributed by atoms with van der Waals surface area (Å²) in [5, 5.41) is 2.36. The lowest BCUT2D eigenvalue weighted by atomic mass is 9.91. The molecule has 0 N–H and O–H groups in total. The highest BCUT2D eigenvalue weighted by Gasteiger charge is 2.32. The number of fused-ring (bicyclic) bond motifs is 3. The number of aromatic nitrogens is 2. The first-order valence-corrected chi connectivity index (χ1v) is 16.5. The van der Waals surface area contributed by atoms with E-state index in [-0.39, 0.29) is 6.04 Å². The lowest BCUT2D eigenvalue weighted by Gasteiger charge is -2.30. The van der Waals surface area contributed by atoms with Gasteiger partial charge in [0.2, 0.25) is 0 Å². The molecule has 4 aromatic carbocycles. The smallest absolute Gasteiger partial charge is 0.137 e. The van der Waals surface area contributed by atoms with Gasteiger partial charge in [0, 0.05) is 40.8 Å². The molecule has 0 unspecified atom stereocenters. The van der Waals surface area contributed by atoms with Gasteiger partial charge >= 0.3 is 0 Å². The average Bonchev–Trinajstić information content (AvgIpc) is 3.65. The molecule has 1 atom stereocenters. The van der Waals surface area contributed by atoms with E-state index in [1.807, 2.05) is 30.5 Å². The summed E-state index contributed by atoms with van der Waals surface area (Å²) in [5.74, 6) is 4.71. The molecule has 0 saturated heterocycles. The first-order chi connectivity index (χ1) is 22.3. The Morgan fingerprint density at radius 3 is 2.09 bits per heavy atom. The van der Waals surface area contributed by atoms with Crippen molar-refractivity contribution in [1.29, 1.82) is 0 Å². The van der Waals surface area contributed by atoms with Gasteiger partial charge in [0.15, 0.2) is 0 Å². The van der Waals surface area contributed by atoms with Crippen molar-refractivity contribution in [2.75, 3.05) is 11.4 Å². The van der Waals surface area contributed by atoms with Crippen molar-refractivity contribution >= 4 is 33.3 Å². The zero-order chi connectivity index (χ0) is 31.9. The zero-order valence-electron chi connectivity index (χ0n) is 27.6. The minimum Gasteiger partial charge on any atom is -0.457 e. The van der Waals surface area contributed by atoms with Crippen LogP contribution >= 0.6 is 0 Å². The van der Waals surface area contributed by atoms with Crippen molar-refractivity contribution in [3.63, 3.8) is 0 Å². The Morgan fingerprint density at radius 1 is 0.674 bits per heavy atom. The number of anilines is 1. The summed E-state index contributed by atoms with van der Waals surface area (Å²) < 4.78 is 8.82. The summed E-state index contributed by atoms with van der Waals surface area (Å²) in [7, 11) is 0. The normalized spacial score (nSPS) is 15.1. The quantitative estimate of drug-likeness (QED) is 0.173. The molecule has 7 rings (SSSR count). The molecule has 2 aromatic heterocycles. The fourth-order valence-electron chi connectivity index (χ4n) is 6.73. The van der Waals surface area contributed by atoms with E-state index in [9.17, 15) is 0 Å². The molecular weight excluding hydrogens is 564 g/mol. The summed E-state index contributed by atoms with van der Waals surface area (Å²) in [4.78, 5) is 12.5. The van der Waals surface area contributed by atoms with E-state index < -0.39 is 0 Å². The van der Waals surface area contributed by atoms with Gasteiger partial charge in [-0.1, -0.05) is 96.1 Å². The molecule has 0 saturated carbocycles. The van der Waals surface area contributed by atoms with Gasteiger partial charge in [-0.25, -0.2) is 4.98 Å². The Morgan fingerprint density at radius 2 is 1.37 bits per heavy atom. The third kappa shape index (κ3) is 5.34. The number of para-hydroxylation sites is 2. The van der Waals surface area contributed by atoms with Gasteiger partial charge in [0.25, 0.3) is 0 Å². The monoisotopic (exact) mass is 606 g/mol. The molecule has 0 fully saturated rings. The summed E-state index contributed by atoms with van der Waals surface area (Å²) in [6, 6.07) is 36.2. The maximum Gasteiger partial charge on any atom is 0.137 e. The maximum atomic E-state index is 6.61. The third-order valence-electron chi connectivity index (χ3n) is 9.15. The van der Waals surface area contributed by atoms with Gasteiger partial charge in [0.05, 0.1) is 17.1 Å². The number of pyridine rings is 1. The van der Waals surface area contributed by atoms with Gasteiger partial charge in [-0.15, -0.1) is 0 Å². The van der Waals surface area contributed by atoms with E-state index in [0.29, 0.717) is 17.8 Å². The highest BCUT2D eigenvalue weighted by Crippen LogP contribution is 2.40. The second-order valence-corrected chi connectivity index (χ2v) is 13.3. The molecule has 1 aliphatic heterocycles. The summed E-state index contributed by atoms with van der Waals surface area (Å²) in [5.41, 5.74) is 7.30. The van der Waals surface area contributed by atoms with Crippen LogP contribution in [0.3, 0.4) is 0 Å². The van der Waals surface area contributed by atoms with Crippen LogP contribution in [-0.4, -0.2) is 28.0 Å². The van der Waals surface area contributed by atoms with Crippen LogP contribution in [-0.2, 0) is 0 Å². The number of benzene rings is 4. The van der Waals surface area contributed by atoms with Crippen molar-refractivity contribution < 1.29 is 4.74 Å². The van der Waals surface area contributed by atoms with Crippen LogP contribution in [0.15, 0.2) is 114 Å². The molecule has 0 amide bonds. The third-order valence-corrected chi connectivity index (χ3v) is 9.15. The molecule has 0 aliphatic carbocycles. The number of aliphatic imine (C=N–C) groups is 1. The number of hydrogen-bond donors (Lipinski definition) is 0. The molecule has 5 nitrogen and oxygen atoms in total. The van der Waals surface area contributed by atoms with E-state index in [2.05, 4.69) is 135 Å². The van der Waals surface area contributed by atoms with E-state index in [1.165, 1.54) is 27.6 Å². The highest BCUT2D eigenvalue weighted by atomic mass is 16.5. The molecule has 0 spiro atoms. The lowest BCUT2D eigenvalue weighted by molar-refractivity contribution is 0.483. The predicted octanol–water partition coefficient (Wildman–Crippen LogP) is 10.5. The van der Waals surface area contributed by atoms with Crippen LogP contribution in [0.1, 0.15) is 70.1 Å². The maximum absolute atomic E-state index is 6.61. The molecule has 3 heterocycles. The Hall–Kier alpha value is -4.90. The molecule has 0 bridgehead atoms. The number of amidine groups is 1. The summed E-state index contributed by atoms with van der Waals surface area (Å²) in [6.07, 6.45) is 1.84. The molecule has 5 heteroatoms. The van der Waals surface area contributed by atoms with Gasteiger partial charge in [0.1, 0.15) is 23.2 Å². The van der Waals surface area contributed by atoms with Crippen LogP contribution in [0.5, 0.6) is 11.5 Å². The SMILES string of the molecule is CC(C)c1cccc(C(C)C)c1N1C[C@@H](C(C)C)N=C1c1cccc(Oc2ccc3c4ccccc4n(-c4ccccn4)c3c2)c1. The van der Waals surface area contributed by atoms with E-state index >= 15 is 0 Å². The average molecular weight is 607 g/mol. The van der Waals surface area contributed by atoms with E-state index in [4.69, 9.17) is 9.73 Å². The van der Waals surface area contributed by atoms with Crippen molar-refractivity contribution in [3.05, 3.63) is 126 Å². The van der Waals surface area contributed by atoms with Gasteiger partial charge < -0.3 is 9.64 Å². The van der Waals surface area contributed by atoms with Crippen LogP contribution in [0, 0.1) is 5.92 Å². The highest BCUT2D eigenvalue weighted by molar-refractivity contribution is 6.12. The molecule has 232 valence electrons. The van der Waals surface area contributed by atoms with Crippen molar-refractivity contribution in [2.24, 2.45) is 10.9 Å². The van der Waals surface area contributed by atoms with Crippen LogP contribution < -0.4 is 9.64 Å². The largest absolute Gasteiger partial charge is 0.457 e. The molecule has 0 radical (unpaired) electrons. The first-order valence-electron chi connectivity index (χ1n) is 16.5. The molecule has 1 aliphatic rings. The standard InChI is InChI=1S/C41H42N4O/c1-26(2)32-16-12-17-33(27(3)4)40(32)44-25-36(28(5)6)43-41(44)29-13-11-14-30(23-29)46-31-20-21-35-34-15-7-8-18-37(34)45(38(35)24-31)39-19-9-10-22-42-39/h7-24,26-28,36H,25H2,1-6H3/t36-/m0/s1. The topological polar surface area (TPSA) is 42.6 Å². The second-order valence-electron chi connectivity index (χ2n) is 13.3. The molecule has 46 heavy (non-hydrogen) atoms. The Balaban J connectivity index is 1.29. The number of hydrogen-bond acceptors (Lipinski definition) is 4. The Labute approximate surface area is 272 Å². The Bertz CT molecular complexity index is 2030. The van der Waals surface area contributed by atoms with Crippen LogP contribution in [0.4, 0.5) is 5.69 Å². The molecule has 6 aromatic rings. The van der Waals surface area contributed by atoms with E-state index in [0.717, 1.165) is 46.3 Å². The van der Waals surface area contributed by atoms with Crippen LogP contribution in [0.25, 0.3) is 27.6 Å². The number of rotatable bonds is 8. The van der Waals surface area contributed by atoms with Crippen molar-refractivity contribution in [2.45, 2.75) is 59.4 Å². The second kappa shape index (κ2) is 12.1. The van der Waals surface area contributed by atoms with Gasteiger partial charge in [-0.2, -0.15) is 0 Å². The zero-order valence-corrected chi connectivity index (χ0v) is 27.6. The minimum absolute atomic E-state index is 0.218. The predicted molar refractivity (Wildman–Crippen MR) is 192 cm³/mol. The van der Waals surface area contributed by atoms with Crippen molar-refractivity contribution in [3.8, 4) is 17.3 Å². The van der Waals surface area contributed by atoms with E-state index in [1.54, 1.807) is 0 Å². The van der Waals surface area contributed by atoms with Gasteiger partial charge in [-0.3, -0.25) is 9.56 Å². The molecular formula is C41H42N4O. The fourth-order valence-corrected chi connectivity index (χ4v) is 6.73. The minimum atomic E-state index is 0.218. The van der Waals surface area contributed by atoms with Crippen molar-refractivity contribution in [1.82, 2.24) is 9.55 Å². The Kier molecular flexibility index (Phi) is 7.85. The number of ether oxygens (including phenoxy) is 1. The lowest BCUT2D eigenvalue weighted by Crippen LogP contribution is -2.33. The fraction of sp³-hybridized carbons (Fsp3) is 0.268. The summed E-state index contributed by atoms with van der Waals surface area (Å²) in [6.45, 7) is 14.6. The van der Waals surface area contributed by atoms with Crippen LogP contribution in [0.2, 0.25) is 0 Å².